The van der Waals surface area contributed by atoms with Gasteiger partial charge in [-0.2, -0.15) is 0 Å². The second kappa shape index (κ2) is 7.54. The third kappa shape index (κ3) is 4.28. The molecule has 0 aliphatic carbocycles. The van der Waals surface area contributed by atoms with Crippen molar-refractivity contribution in [2.45, 2.75) is 42.1 Å². The molecule has 1 fully saturated rings. The van der Waals surface area contributed by atoms with E-state index < -0.39 is 15.6 Å². The van der Waals surface area contributed by atoms with Crippen LogP contribution in [0.1, 0.15) is 19.4 Å². The van der Waals surface area contributed by atoms with Gasteiger partial charge in [-0.3, -0.25) is 0 Å². The first-order chi connectivity index (χ1) is 13.9. The molecule has 1 saturated heterocycles. The summed E-state index contributed by atoms with van der Waals surface area (Å²) < 4.78 is 42.6. The summed E-state index contributed by atoms with van der Waals surface area (Å²) in [4.78, 5) is 0.419. The largest absolute Gasteiger partial charge is 0.489 e. The van der Waals surface area contributed by atoms with Gasteiger partial charge < -0.3 is 14.2 Å². The smallest absolute Gasteiger partial charge is 0.234 e. The van der Waals surface area contributed by atoms with Crippen LogP contribution in [0.3, 0.4) is 0 Å². The number of rotatable bonds is 7. The molecule has 3 aromatic rings. The molecule has 0 saturated carbocycles. The van der Waals surface area contributed by atoms with Crippen molar-refractivity contribution in [3.8, 4) is 11.5 Å². The Morgan fingerprint density at radius 3 is 1.90 bits per heavy atom. The Labute approximate surface area is 170 Å². The Hall–Kier alpha value is -2.83. The maximum Gasteiger partial charge on any atom is 0.234 e. The number of benzene rings is 3. The van der Waals surface area contributed by atoms with E-state index >= 15 is 0 Å². The molecule has 0 amide bonds. The Balaban J connectivity index is 1.44. The molecule has 6 heteroatoms. The monoisotopic (exact) mass is 410 g/mol. The Morgan fingerprint density at radius 2 is 1.38 bits per heavy atom. The first kappa shape index (κ1) is 19.5. The fourth-order valence-electron chi connectivity index (χ4n) is 2.94. The lowest BCUT2D eigenvalue weighted by atomic mass is 10.2. The predicted molar refractivity (Wildman–Crippen MR) is 109 cm³/mol. The normalized spacial score (nSPS) is 20.8. The second-order valence-corrected chi connectivity index (χ2v) is 9.05. The maximum atomic E-state index is 12.9. The molecular weight excluding hydrogens is 388 g/mol. The van der Waals surface area contributed by atoms with Gasteiger partial charge in [0, 0.05) is 6.92 Å². The van der Waals surface area contributed by atoms with E-state index in [-0.39, 0.29) is 15.9 Å². The summed E-state index contributed by atoms with van der Waals surface area (Å²) in [6.45, 7) is 4.20. The van der Waals surface area contributed by atoms with Crippen molar-refractivity contribution < 1.29 is 22.6 Å². The summed E-state index contributed by atoms with van der Waals surface area (Å²) in [5.41, 5.74) is 1.05. The van der Waals surface area contributed by atoms with Crippen molar-refractivity contribution >= 4 is 9.84 Å². The molecule has 150 valence electrons. The van der Waals surface area contributed by atoms with Crippen LogP contribution in [-0.2, 0) is 21.2 Å². The summed E-state index contributed by atoms with van der Waals surface area (Å²) in [6, 6.07) is 22.6. The van der Waals surface area contributed by atoms with Crippen molar-refractivity contribution in [1.29, 1.82) is 0 Å². The minimum atomic E-state index is -3.62. The molecule has 1 heterocycles. The van der Waals surface area contributed by atoms with E-state index in [2.05, 4.69) is 0 Å². The van der Waals surface area contributed by atoms with Crippen LogP contribution in [0.2, 0.25) is 0 Å². The van der Waals surface area contributed by atoms with E-state index in [1.165, 1.54) is 0 Å². The van der Waals surface area contributed by atoms with Crippen molar-refractivity contribution in [1.82, 2.24) is 0 Å². The van der Waals surface area contributed by atoms with E-state index in [0.717, 1.165) is 5.56 Å². The van der Waals surface area contributed by atoms with Crippen LogP contribution >= 0.6 is 0 Å². The summed E-state index contributed by atoms with van der Waals surface area (Å²) in [7, 11) is -3.62. The van der Waals surface area contributed by atoms with Gasteiger partial charge >= 0.3 is 0 Å². The average Bonchev–Trinajstić information content (AvgIpc) is 3.33. The highest BCUT2D eigenvalue weighted by atomic mass is 32.2. The first-order valence-corrected chi connectivity index (χ1v) is 10.8. The van der Waals surface area contributed by atoms with Gasteiger partial charge in [0.2, 0.25) is 15.6 Å². The molecule has 1 aliphatic heterocycles. The summed E-state index contributed by atoms with van der Waals surface area (Å²) in [5.74, 6) is 0.555. The topological polar surface area (TPSA) is 65.1 Å². The summed E-state index contributed by atoms with van der Waals surface area (Å²) in [6.07, 6.45) is 0.0218. The number of hydrogen-bond acceptors (Lipinski definition) is 5. The molecule has 0 bridgehead atoms. The summed E-state index contributed by atoms with van der Waals surface area (Å²) in [5, 5.41) is 0. The molecule has 0 spiro atoms. The van der Waals surface area contributed by atoms with E-state index in [9.17, 15) is 8.42 Å². The van der Waals surface area contributed by atoms with Gasteiger partial charge in [-0.1, -0.05) is 30.3 Å². The molecule has 0 N–H and O–H groups in total. The number of epoxide rings is 1. The van der Waals surface area contributed by atoms with Crippen LogP contribution in [0, 0.1) is 0 Å². The van der Waals surface area contributed by atoms with E-state index in [0.29, 0.717) is 18.1 Å². The maximum absolute atomic E-state index is 12.9. The van der Waals surface area contributed by atoms with Crippen LogP contribution in [0.4, 0.5) is 0 Å². The highest BCUT2D eigenvalue weighted by Gasteiger charge is 2.52. The van der Waals surface area contributed by atoms with Crippen molar-refractivity contribution in [3.05, 3.63) is 84.4 Å². The van der Waals surface area contributed by atoms with Gasteiger partial charge in [0.1, 0.15) is 24.2 Å². The SMILES string of the molecule is CC1OC1(C)Oc1ccc(S(=O)(=O)c2ccc(OCc3ccccc3)cc2)cc1. The van der Waals surface area contributed by atoms with Gasteiger partial charge in [-0.25, -0.2) is 8.42 Å². The van der Waals surface area contributed by atoms with Crippen LogP contribution < -0.4 is 9.47 Å². The molecular formula is C23H22O5S. The van der Waals surface area contributed by atoms with Crippen molar-refractivity contribution in [2.75, 3.05) is 0 Å². The first-order valence-electron chi connectivity index (χ1n) is 9.36. The number of ether oxygens (including phenoxy) is 3. The van der Waals surface area contributed by atoms with Crippen LogP contribution in [0.5, 0.6) is 11.5 Å². The zero-order valence-electron chi connectivity index (χ0n) is 16.2. The van der Waals surface area contributed by atoms with E-state index in [1.807, 2.05) is 44.2 Å². The average molecular weight is 410 g/mol. The Morgan fingerprint density at radius 1 is 0.862 bits per heavy atom. The zero-order valence-corrected chi connectivity index (χ0v) is 17.1. The second-order valence-electron chi connectivity index (χ2n) is 7.10. The lowest BCUT2D eigenvalue weighted by Gasteiger charge is -2.11. The molecule has 2 unspecified atom stereocenters. The zero-order chi connectivity index (χ0) is 20.5. The van der Waals surface area contributed by atoms with Gasteiger partial charge in [0.25, 0.3) is 0 Å². The molecule has 4 rings (SSSR count). The van der Waals surface area contributed by atoms with Crippen molar-refractivity contribution in [2.24, 2.45) is 0 Å². The van der Waals surface area contributed by atoms with Crippen LogP contribution in [0.15, 0.2) is 88.7 Å². The predicted octanol–water partition coefficient (Wildman–Crippen LogP) is 4.61. The Kier molecular flexibility index (Phi) is 5.06. The Bertz CT molecular complexity index is 1080. The summed E-state index contributed by atoms with van der Waals surface area (Å²) >= 11 is 0. The van der Waals surface area contributed by atoms with E-state index in [1.54, 1.807) is 48.5 Å². The molecule has 0 aromatic heterocycles. The fourth-order valence-corrected chi connectivity index (χ4v) is 4.20. The standard InChI is InChI=1S/C23H22O5S/c1-17-23(2,27-17)28-20-10-14-22(15-11-20)29(24,25)21-12-8-19(9-13-21)26-16-18-6-4-3-5-7-18/h3-15,17H,16H2,1-2H3. The van der Waals surface area contributed by atoms with Gasteiger partial charge in [0.05, 0.1) is 9.79 Å². The molecule has 3 aromatic carbocycles. The lowest BCUT2D eigenvalue weighted by molar-refractivity contribution is 0.0802. The van der Waals surface area contributed by atoms with Crippen LogP contribution in [0.25, 0.3) is 0 Å². The molecule has 29 heavy (non-hydrogen) atoms. The molecule has 5 nitrogen and oxygen atoms in total. The molecule has 1 aliphatic rings. The third-order valence-electron chi connectivity index (χ3n) is 4.93. The lowest BCUT2D eigenvalue weighted by Crippen LogP contribution is -2.17. The number of sulfone groups is 1. The van der Waals surface area contributed by atoms with Crippen molar-refractivity contribution in [3.63, 3.8) is 0 Å². The van der Waals surface area contributed by atoms with Gasteiger partial charge in [0.15, 0.2) is 0 Å². The van der Waals surface area contributed by atoms with Gasteiger partial charge in [-0.05, 0) is 61.0 Å². The van der Waals surface area contributed by atoms with Crippen LogP contribution in [-0.4, -0.2) is 20.3 Å². The minimum Gasteiger partial charge on any atom is -0.489 e. The highest BCUT2D eigenvalue weighted by Crippen LogP contribution is 2.38. The van der Waals surface area contributed by atoms with E-state index in [4.69, 9.17) is 14.2 Å². The third-order valence-corrected chi connectivity index (χ3v) is 6.71. The molecule has 2 atom stereocenters. The molecule has 0 radical (unpaired) electrons. The fraction of sp³-hybridized carbons (Fsp3) is 0.217. The minimum absolute atomic E-state index is 0.0218. The number of hydrogen-bond donors (Lipinski definition) is 0. The quantitative estimate of drug-likeness (QED) is 0.532. The van der Waals surface area contributed by atoms with Gasteiger partial charge in [-0.15, -0.1) is 0 Å². The highest BCUT2D eigenvalue weighted by molar-refractivity contribution is 7.91.